The van der Waals surface area contributed by atoms with E-state index in [4.69, 9.17) is 4.74 Å². The zero-order chi connectivity index (χ0) is 20.3. The predicted molar refractivity (Wildman–Crippen MR) is 101 cm³/mol. The second kappa shape index (κ2) is 8.41. The minimum absolute atomic E-state index is 0.0894. The number of anilines is 2. The van der Waals surface area contributed by atoms with E-state index >= 15 is 0 Å². The third-order valence-electron chi connectivity index (χ3n) is 5.02. The molecule has 10 nitrogen and oxygen atoms in total. The summed E-state index contributed by atoms with van der Waals surface area (Å²) in [6.45, 7) is 5.36. The summed E-state index contributed by atoms with van der Waals surface area (Å²) in [5.41, 5.74) is -0.264. The van der Waals surface area contributed by atoms with Crippen molar-refractivity contribution < 1.29 is 19.1 Å². The Kier molecular flexibility index (Phi) is 5.96. The van der Waals surface area contributed by atoms with Crippen molar-refractivity contribution in [3.8, 4) is 0 Å². The van der Waals surface area contributed by atoms with Gasteiger partial charge in [0.25, 0.3) is 5.56 Å². The van der Waals surface area contributed by atoms with Crippen LogP contribution in [0.2, 0.25) is 0 Å². The van der Waals surface area contributed by atoms with Gasteiger partial charge in [-0.2, -0.15) is 4.98 Å². The van der Waals surface area contributed by atoms with Crippen LogP contribution in [0.4, 0.5) is 11.8 Å². The van der Waals surface area contributed by atoms with E-state index in [1.165, 1.54) is 0 Å². The number of carbonyl (C=O) groups is 3. The van der Waals surface area contributed by atoms with Gasteiger partial charge in [-0.05, 0) is 26.7 Å². The largest absolute Gasteiger partial charge is 0.466 e. The lowest BCUT2D eigenvalue weighted by molar-refractivity contribution is -0.148. The molecule has 1 saturated heterocycles. The highest BCUT2D eigenvalue weighted by atomic mass is 16.5. The number of piperidine rings is 1. The van der Waals surface area contributed by atoms with E-state index in [0.29, 0.717) is 45.0 Å². The maximum absolute atomic E-state index is 12.7. The van der Waals surface area contributed by atoms with Crippen LogP contribution in [0.3, 0.4) is 0 Å². The van der Waals surface area contributed by atoms with Crippen molar-refractivity contribution in [3.05, 3.63) is 15.9 Å². The van der Waals surface area contributed by atoms with Crippen LogP contribution in [0.5, 0.6) is 0 Å². The molecule has 1 atom stereocenters. The van der Waals surface area contributed by atoms with Crippen molar-refractivity contribution in [2.45, 2.75) is 39.0 Å². The van der Waals surface area contributed by atoms with Crippen LogP contribution < -0.4 is 21.1 Å². The van der Waals surface area contributed by atoms with Crippen molar-refractivity contribution >= 4 is 29.5 Å². The number of nitrogens with zero attached hydrogens (tertiary/aromatic N) is 2. The molecule has 2 aliphatic rings. The molecule has 0 aromatic carbocycles. The molecule has 0 aliphatic carbocycles. The van der Waals surface area contributed by atoms with E-state index in [1.54, 1.807) is 13.8 Å². The molecular formula is C18H25N5O5. The minimum atomic E-state index is -0.858. The third kappa shape index (κ3) is 4.00. The van der Waals surface area contributed by atoms with E-state index in [-0.39, 0.29) is 41.5 Å². The number of aromatic amines is 1. The van der Waals surface area contributed by atoms with Crippen molar-refractivity contribution in [2.75, 3.05) is 36.5 Å². The van der Waals surface area contributed by atoms with Gasteiger partial charge in [0.2, 0.25) is 17.8 Å². The van der Waals surface area contributed by atoms with Crippen LogP contribution in [0, 0.1) is 5.92 Å². The molecule has 28 heavy (non-hydrogen) atoms. The van der Waals surface area contributed by atoms with Crippen molar-refractivity contribution in [2.24, 2.45) is 5.92 Å². The standard InChI is InChI=1S/C18H25N5O5/c1-3-19-15(25)11-9-12(24)20-14-13(11)16(26)22-18(21-14)23-7-5-10(6-8-23)17(27)28-4-2/h10-11H,3-9H2,1-2H3,(H,19,25)(H2,20,21,22,24,26)/t11-/m1/s1. The molecular weight excluding hydrogens is 366 g/mol. The Hall–Kier alpha value is -2.91. The maximum Gasteiger partial charge on any atom is 0.309 e. The number of aromatic nitrogens is 2. The number of likely N-dealkylation sites (N-methyl/N-ethyl adjacent to an activating group) is 1. The Labute approximate surface area is 162 Å². The van der Waals surface area contributed by atoms with Gasteiger partial charge < -0.3 is 20.3 Å². The van der Waals surface area contributed by atoms with E-state index in [0.717, 1.165) is 0 Å². The predicted octanol–water partition coefficient (Wildman–Crippen LogP) is 0.111. The van der Waals surface area contributed by atoms with Crippen LogP contribution in [-0.2, 0) is 19.1 Å². The SMILES string of the molecule is CCNC(=O)[C@@H]1CC(=O)Nc2nc(N3CCC(C(=O)OCC)CC3)[nH]c(=O)c21. The third-order valence-corrected chi connectivity index (χ3v) is 5.02. The number of fused-ring (bicyclic) bond motifs is 1. The molecule has 1 fully saturated rings. The van der Waals surface area contributed by atoms with Gasteiger partial charge in [-0.15, -0.1) is 0 Å². The molecule has 10 heteroatoms. The highest BCUT2D eigenvalue weighted by molar-refractivity contribution is 6.00. The van der Waals surface area contributed by atoms with E-state index < -0.39 is 11.5 Å². The lowest BCUT2D eigenvalue weighted by Gasteiger charge is -2.32. The molecule has 0 spiro atoms. The summed E-state index contributed by atoms with van der Waals surface area (Å²) in [5, 5.41) is 5.25. The Bertz CT molecular complexity index is 828. The zero-order valence-corrected chi connectivity index (χ0v) is 16.0. The first-order valence-electron chi connectivity index (χ1n) is 9.57. The lowest BCUT2D eigenvalue weighted by atomic mass is 9.92. The molecule has 1 aromatic heterocycles. The first kappa shape index (κ1) is 19.8. The summed E-state index contributed by atoms with van der Waals surface area (Å²) >= 11 is 0. The van der Waals surface area contributed by atoms with Crippen LogP contribution in [0.25, 0.3) is 0 Å². The monoisotopic (exact) mass is 391 g/mol. The molecule has 0 radical (unpaired) electrons. The van der Waals surface area contributed by atoms with Crippen molar-refractivity contribution in [1.29, 1.82) is 0 Å². The van der Waals surface area contributed by atoms with Gasteiger partial charge in [0.05, 0.1) is 24.0 Å². The Morgan fingerprint density at radius 3 is 2.61 bits per heavy atom. The Morgan fingerprint density at radius 1 is 1.25 bits per heavy atom. The van der Waals surface area contributed by atoms with Crippen molar-refractivity contribution in [3.63, 3.8) is 0 Å². The molecule has 2 aliphatic heterocycles. The fraction of sp³-hybridized carbons (Fsp3) is 0.611. The quantitative estimate of drug-likeness (QED) is 0.607. The molecule has 3 rings (SSSR count). The number of hydrogen-bond donors (Lipinski definition) is 3. The zero-order valence-electron chi connectivity index (χ0n) is 16.0. The first-order valence-corrected chi connectivity index (χ1v) is 9.57. The number of H-pyrrole nitrogens is 1. The summed E-state index contributed by atoms with van der Waals surface area (Å²) in [6.07, 6.45) is 1.09. The number of carbonyl (C=O) groups excluding carboxylic acids is 3. The molecule has 0 bridgehead atoms. The lowest BCUT2D eigenvalue weighted by Crippen LogP contribution is -2.41. The Balaban J connectivity index is 1.81. The van der Waals surface area contributed by atoms with E-state index in [1.807, 2.05) is 4.90 Å². The smallest absolute Gasteiger partial charge is 0.309 e. The average Bonchev–Trinajstić information content (AvgIpc) is 2.67. The fourth-order valence-corrected chi connectivity index (χ4v) is 3.62. The van der Waals surface area contributed by atoms with Gasteiger partial charge in [0.15, 0.2) is 0 Å². The summed E-state index contributed by atoms with van der Waals surface area (Å²) in [5.74, 6) is -1.50. The van der Waals surface area contributed by atoms with Gasteiger partial charge in [0, 0.05) is 26.1 Å². The maximum atomic E-state index is 12.7. The fourth-order valence-electron chi connectivity index (χ4n) is 3.62. The van der Waals surface area contributed by atoms with Crippen molar-refractivity contribution in [1.82, 2.24) is 15.3 Å². The molecule has 3 heterocycles. The summed E-state index contributed by atoms with van der Waals surface area (Å²) in [7, 11) is 0. The van der Waals surface area contributed by atoms with Gasteiger partial charge in [-0.1, -0.05) is 0 Å². The molecule has 1 aromatic rings. The van der Waals surface area contributed by atoms with Gasteiger partial charge in [0.1, 0.15) is 5.82 Å². The number of ether oxygens (including phenoxy) is 1. The second-order valence-electron chi connectivity index (χ2n) is 6.86. The van der Waals surface area contributed by atoms with Gasteiger partial charge in [-0.3, -0.25) is 24.2 Å². The summed E-state index contributed by atoms with van der Waals surface area (Å²) in [6, 6.07) is 0. The highest BCUT2D eigenvalue weighted by Gasteiger charge is 2.35. The topological polar surface area (TPSA) is 133 Å². The molecule has 3 N–H and O–H groups in total. The number of esters is 1. The number of amides is 2. The van der Waals surface area contributed by atoms with Crippen LogP contribution in [-0.4, -0.2) is 54.0 Å². The first-order chi connectivity index (χ1) is 13.4. The van der Waals surface area contributed by atoms with E-state index in [2.05, 4.69) is 20.6 Å². The van der Waals surface area contributed by atoms with Crippen LogP contribution in [0.1, 0.15) is 44.6 Å². The minimum Gasteiger partial charge on any atom is -0.466 e. The molecule has 0 saturated carbocycles. The summed E-state index contributed by atoms with van der Waals surface area (Å²) < 4.78 is 5.07. The molecule has 2 amide bonds. The van der Waals surface area contributed by atoms with Crippen LogP contribution >= 0.6 is 0 Å². The molecule has 152 valence electrons. The Morgan fingerprint density at radius 2 is 1.96 bits per heavy atom. The van der Waals surface area contributed by atoms with Crippen LogP contribution in [0.15, 0.2) is 4.79 Å². The average molecular weight is 391 g/mol. The number of hydrogen-bond acceptors (Lipinski definition) is 7. The molecule has 0 unspecified atom stereocenters. The van der Waals surface area contributed by atoms with E-state index in [9.17, 15) is 19.2 Å². The number of rotatable bonds is 5. The summed E-state index contributed by atoms with van der Waals surface area (Å²) in [4.78, 5) is 57.8. The van der Waals surface area contributed by atoms with Gasteiger partial charge in [-0.25, -0.2) is 0 Å². The second-order valence-corrected chi connectivity index (χ2v) is 6.86. The van der Waals surface area contributed by atoms with Gasteiger partial charge >= 0.3 is 5.97 Å². The normalized spacial score (nSPS) is 19.6. The number of nitrogens with one attached hydrogen (secondary N) is 3. The highest BCUT2D eigenvalue weighted by Crippen LogP contribution is 2.30.